The summed E-state index contributed by atoms with van der Waals surface area (Å²) in [7, 11) is 0. The molecule has 0 unspecified atom stereocenters. The molecule has 0 saturated carbocycles. The second-order valence-electron chi connectivity index (χ2n) is 5.12. The maximum atomic E-state index is 9.73. The molecule has 0 saturated heterocycles. The van der Waals surface area contributed by atoms with Crippen LogP contribution in [0.3, 0.4) is 0 Å². The number of hydrogen-bond donors (Lipinski definition) is 1. The fraction of sp³-hybridized carbons (Fsp3) is 0.333. The summed E-state index contributed by atoms with van der Waals surface area (Å²) in [6.45, 7) is 5.62. The Labute approximate surface area is 102 Å². The third kappa shape index (κ3) is 3.21. The molecule has 2 heteroatoms. The van der Waals surface area contributed by atoms with Crippen LogP contribution in [0.25, 0.3) is 11.3 Å². The number of rotatable bonds is 3. The average molecular weight is 230 g/mol. The lowest BCUT2D eigenvalue weighted by Gasteiger charge is -2.14. The van der Waals surface area contributed by atoms with E-state index >= 15 is 0 Å². The standard InChI is InChI=1S/C15H18O2/c1-11-4-6-12(7-5-11)14-9-8-13(17-14)10-15(2,3)16/h4-9,16H,10H2,1-3H3. The zero-order valence-electron chi connectivity index (χ0n) is 10.5. The van der Waals surface area contributed by atoms with Crippen molar-refractivity contribution in [1.82, 2.24) is 0 Å². The minimum absolute atomic E-state index is 0.527. The van der Waals surface area contributed by atoms with Crippen LogP contribution < -0.4 is 0 Å². The van der Waals surface area contributed by atoms with E-state index in [9.17, 15) is 5.11 Å². The van der Waals surface area contributed by atoms with Crippen LogP contribution in [-0.2, 0) is 6.42 Å². The smallest absolute Gasteiger partial charge is 0.134 e. The summed E-state index contributed by atoms with van der Waals surface area (Å²) >= 11 is 0. The zero-order chi connectivity index (χ0) is 12.5. The largest absolute Gasteiger partial charge is 0.461 e. The molecule has 0 fully saturated rings. The van der Waals surface area contributed by atoms with Gasteiger partial charge in [0.15, 0.2) is 0 Å². The molecule has 2 nitrogen and oxygen atoms in total. The molecule has 0 aliphatic carbocycles. The molecule has 17 heavy (non-hydrogen) atoms. The van der Waals surface area contributed by atoms with Gasteiger partial charge in [-0.15, -0.1) is 0 Å². The van der Waals surface area contributed by atoms with Crippen molar-refractivity contribution in [2.45, 2.75) is 32.8 Å². The molecule has 0 aliphatic rings. The first kappa shape index (κ1) is 11.9. The molecule has 0 aliphatic heterocycles. The Morgan fingerprint density at radius 1 is 1.06 bits per heavy atom. The van der Waals surface area contributed by atoms with Crippen LogP contribution in [0.1, 0.15) is 25.2 Å². The number of benzene rings is 1. The topological polar surface area (TPSA) is 33.4 Å². The average Bonchev–Trinajstić information content (AvgIpc) is 2.64. The maximum absolute atomic E-state index is 9.73. The lowest BCUT2D eigenvalue weighted by atomic mass is 10.0. The Balaban J connectivity index is 2.21. The van der Waals surface area contributed by atoms with E-state index in [1.807, 2.05) is 24.3 Å². The van der Waals surface area contributed by atoms with Crippen LogP contribution in [-0.4, -0.2) is 10.7 Å². The highest BCUT2D eigenvalue weighted by Crippen LogP contribution is 2.24. The monoisotopic (exact) mass is 230 g/mol. The van der Waals surface area contributed by atoms with Gasteiger partial charge in [0.25, 0.3) is 0 Å². The number of aliphatic hydroxyl groups is 1. The third-order valence-electron chi connectivity index (χ3n) is 2.60. The van der Waals surface area contributed by atoms with Gasteiger partial charge in [-0.1, -0.05) is 29.8 Å². The second-order valence-corrected chi connectivity index (χ2v) is 5.12. The van der Waals surface area contributed by atoms with Gasteiger partial charge in [-0.25, -0.2) is 0 Å². The van der Waals surface area contributed by atoms with Crippen LogP contribution in [0.5, 0.6) is 0 Å². The van der Waals surface area contributed by atoms with E-state index in [0.717, 1.165) is 17.1 Å². The van der Waals surface area contributed by atoms with Gasteiger partial charge in [0.05, 0.1) is 5.60 Å². The Morgan fingerprint density at radius 3 is 2.29 bits per heavy atom. The maximum Gasteiger partial charge on any atom is 0.134 e. The first-order chi connectivity index (χ1) is 7.94. The highest BCUT2D eigenvalue weighted by Gasteiger charge is 2.16. The molecule has 0 bridgehead atoms. The molecule has 0 amide bonds. The van der Waals surface area contributed by atoms with Gasteiger partial charge in [0.1, 0.15) is 11.5 Å². The zero-order valence-corrected chi connectivity index (χ0v) is 10.5. The molecule has 1 aromatic carbocycles. The van der Waals surface area contributed by atoms with Gasteiger partial charge in [0.2, 0.25) is 0 Å². The van der Waals surface area contributed by atoms with E-state index in [1.165, 1.54) is 5.56 Å². The van der Waals surface area contributed by atoms with E-state index in [1.54, 1.807) is 13.8 Å². The number of hydrogen-bond acceptors (Lipinski definition) is 2. The van der Waals surface area contributed by atoms with Crippen LogP contribution in [0.4, 0.5) is 0 Å². The van der Waals surface area contributed by atoms with E-state index in [0.29, 0.717) is 6.42 Å². The Bertz CT molecular complexity index is 486. The van der Waals surface area contributed by atoms with Gasteiger partial charge in [-0.2, -0.15) is 0 Å². The van der Waals surface area contributed by atoms with E-state index in [2.05, 4.69) is 19.1 Å². The lowest BCUT2D eigenvalue weighted by molar-refractivity contribution is 0.0754. The highest BCUT2D eigenvalue weighted by molar-refractivity contribution is 5.57. The summed E-state index contributed by atoms with van der Waals surface area (Å²) in [6, 6.07) is 12.1. The van der Waals surface area contributed by atoms with Crippen LogP contribution >= 0.6 is 0 Å². The molecule has 0 spiro atoms. The summed E-state index contributed by atoms with van der Waals surface area (Å²) in [4.78, 5) is 0. The van der Waals surface area contributed by atoms with Gasteiger partial charge in [-0.3, -0.25) is 0 Å². The number of furan rings is 1. The molecule has 2 aromatic rings. The molecule has 1 heterocycles. The van der Waals surface area contributed by atoms with E-state index < -0.39 is 5.60 Å². The van der Waals surface area contributed by atoms with Gasteiger partial charge in [-0.05, 0) is 32.9 Å². The van der Waals surface area contributed by atoms with Crippen LogP contribution in [0.15, 0.2) is 40.8 Å². The summed E-state index contributed by atoms with van der Waals surface area (Å²) in [5.74, 6) is 1.66. The van der Waals surface area contributed by atoms with Crippen LogP contribution in [0, 0.1) is 6.92 Å². The van der Waals surface area contributed by atoms with Crippen molar-refractivity contribution in [3.05, 3.63) is 47.7 Å². The number of aryl methyl sites for hydroxylation is 1. The minimum atomic E-state index is -0.734. The van der Waals surface area contributed by atoms with Crippen molar-refractivity contribution in [1.29, 1.82) is 0 Å². The van der Waals surface area contributed by atoms with Gasteiger partial charge < -0.3 is 9.52 Å². The van der Waals surface area contributed by atoms with E-state index in [4.69, 9.17) is 4.42 Å². The molecule has 1 aromatic heterocycles. The molecule has 1 N–H and O–H groups in total. The molecular weight excluding hydrogens is 212 g/mol. The molecular formula is C15H18O2. The van der Waals surface area contributed by atoms with Crippen LogP contribution in [0.2, 0.25) is 0 Å². The summed E-state index contributed by atoms with van der Waals surface area (Å²) < 4.78 is 5.73. The third-order valence-corrected chi connectivity index (χ3v) is 2.60. The summed E-state index contributed by atoms with van der Waals surface area (Å²) in [5.41, 5.74) is 1.57. The minimum Gasteiger partial charge on any atom is -0.461 e. The Morgan fingerprint density at radius 2 is 1.71 bits per heavy atom. The Kier molecular flexibility index (Phi) is 3.07. The molecule has 0 radical (unpaired) electrons. The summed E-state index contributed by atoms with van der Waals surface area (Å²) in [6.07, 6.45) is 0.527. The molecule has 90 valence electrons. The molecule has 0 atom stereocenters. The molecule has 2 rings (SSSR count). The van der Waals surface area contributed by atoms with Crippen molar-refractivity contribution in [3.63, 3.8) is 0 Å². The summed E-state index contributed by atoms with van der Waals surface area (Å²) in [5, 5.41) is 9.73. The fourth-order valence-electron chi connectivity index (χ4n) is 1.77. The van der Waals surface area contributed by atoms with Crippen molar-refractivity contribution in [3.8, 4) is 11.3 Å². The SMILES string of the molecule is Cc1ccc(-c2ccc(CC(C)(C)O)o2)cc1. The van der Waals surface area contributed by atoms with Crippen molar-refractivity contribution in [2.24, 2.45) is 0 Å². The fourth-order valence-corrected chi connectivity index (χ4v) is 1.77. The van der Waals surface area contributed by atoms with Crippen molar-refractivity contribution >= 4 is 0 Å². The second kappa shape index (κ2) is 4.38. The highest BCUT2D eigenvalue weighted by atomic mass is 16.3. The normalized spacial score (nSPS) is 11.8. The first-order valence-corrected chi connectivity index (χ1v) is 5.82. The quantitative estimate of drug-likeness (QED) is 0.874. The predicted molar refractivity (Wildman–Crippen MR) is 68.9 cm³/mol. The van der Waals surface area contributed by atoms with Gasteiger partial charge in [0, 0.05) is 12.0 Å². The first-order valence-electron chi connectivity index (χ1n) is 5.82. The Hall–Kier alpha value is -1.54. The van der Waals surface area contributed by atoms with Crippen molar-refractivity contribution < 1.29 is 9.52 Å². The van der Waals surface area contributed by atoms with Crippen molar-refractivity contribution in [2.75, 3.05) is 0 Å². The lowest BCUT2D eigenvalue weighted by Crippen LogP contribution is -2.21. The van der Waals surface area contributed by atoms with Gasteiger partial charge >= 0.3 is 0 Å². The van der Waals surface area contributed by atoms with E-state index in [-0.39, 0.29) is 0 Å². The predicted octanol–water partition coefficient (Wildman–Crippen LogP) is 3.57.